The minimum Gasteiger partial charge on any atom is -0.497 e. The van der Waals surface area contributed by atoms with E-state index in [0.29, 0.717) is 29.1 Å². The molecule has 5 aromatic rings. The second-order valence-corrected chi connectivity index (χ2v) is 11.7. The minimum absolute atomic E-state index is 0. The van der Waals surface area contributed by atoms with E-state index < -0.39 is 17.6 Å². The largest absolute Gasteiger partial charge is 0.497 e. The highest BCUT2D eigenvalue weighted by Gasteiger charge is 2.26. The van der Waals surface area contributed by atoms with Crippen molar-refractivity contribution >= 4 is 39.7 Å². The number of hydrogen-bond donors (Lipinski definition) is 0. The van der Waals surface area contributed by atoms with Crippen molar-refractivity contribution in [3.8, 4) is 16.2 Å². The summed E-state index contributed by atoms with van der Waals surface area (Å²) in [5, 5.41) is 0.397. The molecule has 224 valence electrons. The van der Waals surface area contributed by atoms with Gasteiger partial charge in [-0.1, -0.05) is 50.2 Å². The maximum atomic E-state index is 14.8. The number of pyridine rings is 1. The molecule has 0 aliphatic heterocycles. The summed E-state index contributed by atoms with van der Waals surface area (Å²) in [6.07, 6.45) is 1.46. The first-order chi connectivity index (χ1) is 20.2. The van der Waals surface area contributed by atoms with Crippen molar-refractivity contribution in [2.45, 2.75) is 33.5 Å². The van der Waals surface area contributed by atoms with E-state index in [1.807, 2.05) is 61.6 Å². The van der Waals surface area contributed by atoms with Crippen molar-refractivity contribution in [2.24, 2.45) is 5.92 Å². The van der Waals surface area contributed by atoms with Gasteiger partial charge in [-0.2, -0.15) is 0 Å². The standard InChI is InChI=1S/C34H32F2N2O3S.ClH/c1-21(2)31(39)27-20-38(19-25-28(35)11-8-12-29(25)36)34-30(32(27)40)26(18-37(3)17-22-9-6-5-7-10-22)33(42-34)23-13-15-24(41-4)16-14-23;/h5-16,20-21H,17-19H2,1-4H3;1H. The van der Waals surface area contributed by atoms with Crippen LogP contribution in [0.4, 0.5) is 8.78 Å². The Kier molecular flexibility index (Phi) is 10.2. The molecule has 2 aromatic heterocycles. The zero-order valence-electron chi connectivity index (χ0n) is 24.4. The highest BCUT2D eigenvalue weighted by Crippen LogP contribution is 2.39. The summed E-state index contributed by atoms with van der Waals surface area (Å²) >= 11 is 1.38. The van der Waals surface area contributed by atoms with Gasteiger partial charge >= 0.3 is 0 Å². The van der Waals surface area contributed by atoms with Crippen molar-refractivity contribution in [3.63, 3.8) is 0 Å². The van der Waals surface area contributed by atoms with Crippen LogP contribution >= 0.6 is 23.7 Å². The van der Waals surface area contributed by atoms with Gasteiger partial charge < -0.3 is 9.30 Å². The average Bonchev–Trinajstić information content (AvgIpc) is 3.35. The average molecular weight is 623 g/mol. The van der Waals surface area contributed by atoms with Crippen LogP contribution in [0.2, 0.25) is 0 Å². The molecule has 0 unspecified atom stereocenters. The third kappa shape index (κ3) is 6.72. The lowest BCUT2D eigenvalue weighted by atomic mass is 9.99. The molecule has 5 rings (SSSR count). The number of Topliss-reactive ketones (excluding diaryl/α,β-unsaturated/α-hetero) is 1. The molecule has 2 heterocycles. The number of rotatable bonds is 10. The maximum Gasteiger partial charge on any atom is 0.201 e. The van der Waals surface area contributed by atoms with Crippen LogP contribution in [0.25, 0.3) is 20.7 Å². The predicted octanol–water partition coefficient (Wildman–Crippen LogP) is 7.96. The van der Waals surface area contributed by atoms with Gasteiger partial charge in [0.25, 0.3) is 0 Å². The molecule has 0 N–H and O–H groups in total. The van der Waals surface area contributed by atoms with Crippen LogP contribution in [-0.4, -0.2) is 29.4 Å². The summed E-state index contributed by atoms with van der Waals surface area (Å²) in [6.45, 7) is 4.35. The molecule has 0 amide bonds. The molecule has 43 heavy (non-hydrogen) atoms. The highest BCUT2D eigenvalue weighted by molar-refractivity contribution is 7.22. The molecular weight excluding hydrogens is 590 g/mol. The summed E-state index contributed by atoms with van der Waals surface area (Å²) in [5.41, 5.74) is 2.28. The van der Waals surface area contributed by atoms with Crippen LogP contribution in [0.3, 0.4) is 0 Å². The molecule has 3 aromatic carbocycles. The van der Waals surface area contributed by atoms with Gasteiger partial charge in [0.1, 0.15) is 22.2 Å². The fraction of sp³-hybridized carbons (Fsp3) is 0.235. The number of ketones is 1. The van der Waals surface area contributed by atoms with Gasteiger partial charge in [-0.05, 0) is 60.1 Å². The molecule has 0 saturated carbocycles. The zero-order valence-corrected chi connectivity index (χ0v) is 26.0. The first kappa shape index (κ1) is 32.1. The number of aromatic nitrogens is 1. The molecule has 0 aliphatic rings. The summed E-state index contributed by atoms with van der Waals surface area (Å²) < 4.78 is 36.6. The van der Waals surface area contributed by atoms with Gasteiger partial charge in [-0.3, -0.25) is 14.5 Å². The first-order valence-corrected chi connectivity index (χ1v) is 14.5. The molecule has 9 heteroatoms. The van der Waals surface area contributed by atoms with Crippen molar-refractivity contribution in [3.05, 3.63) is 123 Å². The second-order valence-electron chi connectivity index (χ2n) is 10.7. The SMILES string of the molecule is COc1ccc(-c2sc3c(c2CN(C)Cc2ccccc2)c(=O)c(C(=O)C(C)C)cn3Cc2c(F)cccc2F)cc1.Cl. The summed E-state index contributed by atoms with van der Waals surface area (Å²) in [7, 11) is 3.57. The highest BCUT2D eigenvalue weighted by atomic mass is 35.5. The molecule has 0 bridgehead atoms. The number of ether oxygens (including phenoxy) is 1. The van der Waals surface area contributed by atoms with Crippen LogP contribution in [0.1, 0.15) is 40.9 Å². The van der Waals surface area contributed by atoms with Gasteiger partial charge in [0.15, 0.2) is 5.78 Å². The predicted molar refractivity (Wildman–Crippen MR) is 172 cm³/mol. The first-order valence-electron chi connectivity index (χ1n) is 13.7. The third-order valence-electron chi connectivity index (χ3n) is 7.26. The number of methoxy groups -OCH3 is 1. The molecule has 0 aliphatic carbocycles. The van der Waals surface area contributed by atoms with Crippen LogP contribution in [0.15, 0.2) is 83.8 Å². The van der Waals surface area contributed by atoms with Crippen LogP contribution in [0.5, 0.6) is 5.75 Å². The Morgan fingerprint density at radius 3 is 2.19 bits per heavy atom. The maximum absolute atomic E-state index is 14.8. The van der Waals surface area contributed by atoms with Crippen LogP contribution < -0.4 is 10.2 Å². The number of hydrogen-bond acceptors (Lipinski definition) is 5. The van der Waals surface area contributed by atoms with E-state index in [0.717, 1.165) is 21.6 Å². The number of benzene rings is 3. The molecule has 0 fully saturated rings. The molecule has 0 spiro atoms. The van der Waals surface area contributed by atoms with Crippen molar-refractivity contribution < 1.29 is 18.3 Å². The molecule has 0 radical (unpaired) electrons. The van der Waals surface area contributed by atoms with Gasteiger partial charge in [0, 0.05) is 35.6 Å². The molecular formula is C34H33ClF2N2O3S. The van der Waals surface area contributed by atoms with E-state index in [4.69, 9.17) is 4.74 Å². The van der Waals surface area contributed by atoms with Crippen LogP contribution in [-0.2, 0) is 19.6 Å². The minimum atomic E-state index is -0.687. The van der Waals surface area contributed by atoms with Crippen molar-refractivity contribution in [1.29, 1.82) is 0 Å². The summed E-state index contributed by atoms with van der Waals surface area (Å²) in [5.74, 6) is -1.42. The Balaban J connectivity index is 0.00000423. The number of carbonyl (C=O) groups is 1. The number of thiophene rings is 1. The van der Waals surface area contributed by atoms with Gasteiger partial charge in [-0.25, -0.2) is 8.78 Å². The Morgan fingerprint density at radius 2 is 1.58 bits per heavy atom. The van der Waals surface area contributed by atoms with Gasteiger partial charge in [0.05, 0.1) is 24.6 Å². The Bertz CT molecular complexity index is 1780. The molecule has 0 saturated heterocycles. The van der Waals surface area contributed by atoms with Crippen molar-refractivity contribution in [1.82, 2.24) is 9.47 Å². The number of carbonyl (C=O) groups excluding carboxylic acids is 1. The monoisotopic (exact) mass is 622 g/mol. The topological polar surface area (TPSA) is 51.5 Å². The van der Waals surface area contributed by atoms with E-state index in [-0.39, 0.29) is 41.3 Å². The second kappa shape index (κ2) is 13.6. The smallest absolute Gasteiger partial charge is 0.201 e. The van der Waals surface area contributed by atoms with E-state index in [2.05, 4.69) is 4.90 Å². The normalized spacial score (nSPS) is 11.3. The van der Waals surface area contributed by atoms with Gasteiger partial charge in [0.2, 0.25) is 5.43 Å². The number of nitrogens with zero attached hydrogens (tertiary/aromatic N) is 2. The molecule has 0 atom stereocenters. The van der Waals surface area contributed by atoms with Crippen molar-refractivity contribution in [2.75, 3.05) is 14.2 Å². The summed E-state index contributed by atoms with van der Waals surface area (Å²) in [6, 6.07) is 21.3. The van der Waals surface area contributed by atoms with E-state index in [1.54, 1.807) is 25.5 Å². The lowest BCUT2D eigenvalue weighted by Crippen LogP contribution is -2.24. The van der Waals surface area contributed by atoms with E-state index >= 15 is 0 Å². The van der Waals surface area contributed by atoms with E-state index in [9.17, 15) is 18.4 Å². The summed E-state index contributed by atoms with van der Waals surface area (Å²) in [4.78, 5) is 30.9. The lowest BCUT2D eigenvalue weighted by molar-refractivity contribution is 0.0937. The number of halogens is 3. The van der Waals surface area contributed by atoms with Gasteiger partial charge in [-0.15, -0.1) is 23.7 Å². The number of fused-ring (bicyclic) bond motifs is 1. The van der Waals surface area contributed by atoms with Crippen LogP contribution in [0, 0.1) is 17.6 Å². The molecule has 5 nitrogen and oxygen atoms in total. The fourth-order valence-electron chi connectivity index (χ4n) is 5.10. The third-order valence-corrected chi connectivity index (χ3v) is 8.58. The zero-order chi connectivity index (χ0) is 30.0. The fourth-order valence-corrected chi connectivity index (χ4v) is 6.39. The van der Waals surface area contributed by atoms with E-state index in [1.165, 1.54) is 35.7 Å². The Morgan fingerprint density at radius 1 is 0.930 bits per heavy atom. The Hall–Kier alpha value is -3.85. The lowest BCUT2D eigenvalue weighted by Gasteiger charge is -2.18. The Labute approximate surface area is 259 Å². The quantitative estimate of drug-likeness (QED) is 0.148.